The number of rotatable bonds is 9. The number of fused-ring (bicyclic) bond motifs is 1. The molecule has 0 radical (unpaired) electrons. The molecule has 0 saturated carbocycles. The Morgan fingerprint density at radius 1 is 1.27 bits per heavy atom. The van der Waals surface area contributed by atoms with E-state index in [9.17, 15) is 14.9 Å². The van der Waals surface area contributed by atoms with Gasteiger partial charge in [0.25, 0.3) is 5.69 Å². The third-order valence-electron chi connectivity index (χ3n) is 5.63. The Hall–Kier alpha value is -3.33. The molecule has 0 unspecified atom stereocenters. The number of thioether (sulfide) groups is 1. The standard InChI is InChI=1S/C24H26N4O4S/c1-32-22-10-6-5-9-21(22)27-20-12-11-18(28(30)31)15-19(20)26-24(27)33-16-23(29)25-14-13-17-7-3-2-4-8-17/h5-7,9-12,15H,2-4,8,13-14,16H2,1H3,(H,25,29). The van der Waals surface area contributed by atoms with Crippen LogP contribution in [0.25, 0.3) is 16.7 Å². The number of hydrogen-bond donors (Lipinski definition) is 1. The number of methoxy groups -OCH3 is 1. The quantitative estimate of drug-likeness (QED) is 0.205. The third-order valence-corrected chi connectivity index (χ3v) is 6.57. The molecule has 172 valence electrons. The van der Waals surface area contributed by atoms with Gasteiger partial charge in [-0.15, -0.1) is 0 Å². The summed E-state index contributed by atoms with van der Waals surface area (Å²) in [6.07, 6.45) is 7.92. The highest BCUT2D eigenvalue weighted by molar-refractivity contribution is 7.99. The number of nitrogens with one attached hydrogen (secondary N) is 1. The molecule has 2 aromatic carbocycles. The van der Waals surface area contributed by atoms with Gasteiger partial charge in [-0.25, -0.2) is 4.98 Å². The number of ether oxygens (including phenoxy) is 1. The zero-order valence-corrected chi connectivity index (χ0v) is 19.3. The largest absolute Gasteiger partial charge is 0.495 e. The maximum Gasteiger partial charge on any atom is 0.271 e. The number of imidazole rings is 1. The summed E-state index contributed by atoms with van der Waals surface area (Å²) < 4.78 is 7.40. The number of amides is 1. The number of carbonyl (C=O) groups excluding carboxylic acids is 1. The van der Waals surface area contributed by atoms with Gasteiger partial charge in [0.15, 0.2) is 5.16 Å². The smallest absolute Gasteiger partial charge is 0.271 e. The minimum Gasteiger partial charge on any atom is -0.495 e. The fraction of sp³-hybridized carbons (Fsp3) is 0.333. The monoisotopic (exact) mass is 466 g/mol. The fourth-order valence-corrected chi connectivity index (χ4v) is 4.83. The van der Waals surface area contributed by atoms with Crippen LogP contribution < -0.4 is 10.1 Å². The van der Waals surface area contributed by atoms with Gasteiger partial charge in [-0.1, -0.05) is 35.5 Å². The van der Waals surface area contributed by atoms with Crippen LogP contribution >= 0.6 is 11.8 Å². The first-order chi connectivity index (χ1) is 16.1. The van der Waals surface area contributed by atoms with Gasteiger partial charge >= 0.3 is 0 Å². The lowest BCUT2D eigenvalue weighted by atomic mass is 9.97. The second kappa shape index (κ2) is 10.5. The number of nitro benzene ring substituents is 1. The van der Waals surface area contributed by atoms with E-state index in [0.717, 1.165) is 24.9 Å². The number of hydrogen-bond acceptors (Lipinski definition) is 6. The van der Waals surface area contributed by atoms with E-state index in [1.807, 2.05) is 28.8 Å². The molecule has 1 N–H and O–H groups in total. The number of nitrogens with zero attached hydrogens (tertiary/aromatic N) is 3. The molecule has 0 spiro atoms. The molecule has 1 aromatic heterocycles. The molecule has 3 aromatic rings. The normalized spacial score (nSPS) is 13.5. The van der Waals surface area contributed by atoms with Crippen LogP contribution in [-0.4, -0.2) is 39.8 Å². The van der Waals surface area contributed by atoms with Crippen LogP contribution in [-0.2, 0) is 4.79 Å². The van der Waals surface area contributed by atoms with Crippen molar-refractivity contribution in [2.75, 3.05) is 19.4 Å². The summed E-state index contributed by atoms with van der Waals surface area (Å²) in [6.45, 7) is 0.625. The van der Waals surface area contributed by atoms with Gasteiger partial charge in [-0.3, -0.25) is 19.5 Å². The lowest BCUT2D eigenvalue weighted by Gasteiger charge is -2.14. The summed E-state index contributed by atoms with van der Waals surface area (Å²) in [5.74, 6) is 0.766. The van der Waals surface area contributed by atoms with Crippen LogP contribution in [0.2, 0.25) is 0 Å². The minimum absolute atomic E-state index is 0.0292. The molecule has 33 heavy (non-hydrogen) atoms. The Morgan fingerprint density at radius 2 is 2.12 bits per heavy atom. The van der Waals surface area contributed by atoms with Crippen molar-refractivity contribution < 1.29 is 14.5 Å². The summed E-state index contributed by atoms with van der Waals surface area (Å²) >= 11 is 1.29. The molecule has 0 atom stereocenters. The molecule has 0 saturated heterocycles. The highest BCUT2D eigenvalue weighted by Gasteiger charge is 2.19. The zero-order chi connectivity index (χ0) is 23.2. The molecule has 9 heteroatoms. The van der Waals surface area contributed by atoms with Crippen molar-refractivity contribution in [3.8, 4) is 11.4 Å². The lowest BCUT2D eigenvalue weighted by molar-refractivity contribution is -0.384. The van der Waals surface area contributed by atoms with Gasteiger partial charge in [0.2, 0.25) is 5.91 Å². The molecule has 8 nitrogen and oxygen atoms in total. The van der Waals surface area contributed by atoms with Crippen LogP contribution in [0.3, 0.4) is 0 Å². The average molecular weight is 467 g/mol. The molecule has 0 aliphatic heterocycles. The van der Waals surface area contributed by atoms with Crippen molar-refractivity contribution in [1.82, 2.24) is 14.9 Å². The van der Waals surface area contributed by atoms with Crippen molar-refractivity contribution >= 4 is 34.4 Å². The number of nitro groups is 1. The molecule has 0 bridgehead atoms. The predicted octanol–water partition coefficient (Wildman–Crippen LogP) is 5.04. The second-order valence-corrected chi connectivity index (χ2v) is 8.77. The number of carbonyl (C=O) groups is 1. The van der Waals surface area contributed by atoms with Crippen molar-refractivity contribution in [3.63, 3.8) is 0 Å². The maximum absolute atomic E-state index is 12.5. The first-order valence-electron chi connectivity index (χ1n) is 10.9. The first kappa shape index (κ1) is 22.8. The Labute approximate surface area is 196 Å². The third kappa shape index (κ3) is 5.36. The van der Waals surface area contributed by atoms with E-state index in [2.05, 4.69) is 16.4 Å². The van der Waals surface area contributed by atoms with Gasteiger partial charge < -0.3 is 10.1 Å². The number of allylic oxidation sites excluding steroid dienone is 1. The summed E-state index contributed by atoms with van der Waals surface area (Å²) in [4.78, 5) is 27.9. The Kier molecular flexibility index (Phi) is 7.29. The van der Waals surface area contributed by atoms with E-state index in [-0.39, 0.29) is 17.3 Å². The fourth-order valence-electron chi connectivity index (χ4n) is 3.98. The molecule has 0 fully saturated rings. The van der Waals surface area contributed by atoms with E-state index in [0.29, 0.717) is 28.5 Å². The topological polar surface area (TPSA) is 99.3 Å². The van der Waals surface area contributed by atoms with Crippen LogP contribution in [0.15, 0.2) is 59.3 Å². The zero-order valence-electron chi connectivity index (χ0n) is 18.5. The molecule has 1 amide bonds. The van der Waals surface area contributed by atoms with Crippen LogP contribution in [0.1, 0.15) is 32.1 Å². The van der Waals surface area contributed by atoms with E-state index < -0.39 is 4.92 Å². The van der Waals surface area contributed by atoms with Gasteiger partial charge in [-0.2, -0.15) is 0 Å². The van der Waals surface area contributed by atoms with Crippen LogP contribution in [0.4, 0.5) is 5.69 Å². The van der Waals surface area contributed by atoms with E-state index in [1.54, 1.807) is 13.2 Å². The van der Waals surface area contributed by atoms with Crippen molar-refractivity contribution in [2.45, 2.75) is 37.3 Å². The van der Waals surface area contributed by atoms with E-state index >= 15 is 0 Å². The van der Waals surface area contributed by atoms with Crippen molar-refractivity contribution in [2.24, 2.45) is 0 Å². The Bertz CT molecular complexity index is 1200. The maximum atomic E-state index is 12.5. The SMILES string of the molecule is COc1ccccc1-n1c(SCC(=O)NCCC2=CCCCC2)nc2cc([N+](=O)[O-])ccc21. The highest BCUT2D eigenvalue weighted by atomic mass is 32.2. The molecule has 1 heterocycles. The molecule has 1 aliphatic carbocycles. The average Bonchev–Trinajstić information content (AvgIpc) is 3.20. The van der Waals surface area contributed by atoms with Gasteiger partial charge in [0, 0.05) is 18.7 Å². The highest BCUT2D eigenvalue weighted by Crippen LogP contribution is 2.33. The van der Waals surface area contributed by atoms with Crippen molar-refractivity contribution in [3.05, 3.63) is 64.2 Å². The second-order valence-electron chi connectivity index (χ2n) is 7.83. The van der Waals surface area contributed by atoms with Crippen molar-refractivity contribution in [1.29, 1.82) is 0 Å². The molecular formula is C24H26N4O4S. The number of benzene rings is 2. The first-order valence-corrected chi connectivity index (χ1v) is 11.9. The Morgan fingerprint density at radius 3 is 2.88 bits per heavy atom. The van der Waals surface area contributed by atoms with Crippen LogP contribution in [0.5, 0.6) is 5.75 Å². The van der Waals surface area contributed by atoms with E-state index in [4.69, 9.17) is 4.74 Å². The summed E-state index contributed by atoms with van der Waals surface area (Å²) in [7, 11) is 1.59. The van der Waals surface area contributed by atoms with Gasteiger partial charge in [0.05, 0.1) is 34.5 Å². The Balaban J connectivity index is 1.55. The van der Waals surface area contributed by atoms with Gasteiger partial charge in [0.1, 0.15) is 5.75 Å². The molecule has 4 rings (SSSR count). The number of para-hydroxylation sites is 2. The molecule has 1 aliphatic rings. The summed E-state index contributed by atoms with van der Waals surface area (Å²) in [5, 5.41) is 14.8. The molecular weight excluding hydrogens is 440 g/mol. The number of non-ortho nitro benzene ring substituents is 1. The summed E-state index contributed by atoms with van der Waals surface area (Å²) in [5.41, 5.74) is 3.34. The summed E-state index contributed by atoms with van der Waals surface area (Å²) in [6, 6.07) is 12.1. The number of aromatic nitrogens is 2. The lowest BCUT2D eigenvalue weighted by Crippen LogP contribution is -2.26. The van der Waals surface area contributed by atoms with Crippen LogP contribution in [0, 0.1) is 10.1 Å². The van der Waals surface area contributed by atoms with Gasteiger partial charge in [-0.05, 0) is 50.3 Å². The van der Waals surface area contributed by atoms with E-state index in [1.165, 1.54) is 42.3 Å². The minimum atomic E-state index is -0.441. The predicted molar refractivity (Wildman–Crippen MR) is 129 cm³/mol.